The summed E-state index contributed by atoms with van der Waals surface area (Å²) in [5, 5.41) is 3.94. The maximum Gasteiger partial charge on any atom is 0.416 e. The van der Waals surface area contributed by atoms with Crippen LogP contribution in [-0.4, -0.2) is 15.0 Å². The summed E-state index contributed by atoms with van der Waals surface area (Å²) in [6.45, 7) is 3.51. The number of aromatic nitrogens is 3. The Morgan fingerprint density at radius 2 is 1.76 bits per heavy atom. The molecule has 0 aliphatic rings. The molecule has 168 valence electrons. The second-order valence-electron chi connectivity index (χ2n) is 7.74. The van der Waals surface area contributed by atoms with Gasteiger partial charge >= 0.3 is 6.18 Å². The number of aryl methyl sites for hydroxylation is 1. The summed E-state index contributed by atoms with van der Waals surface area (Å²) in [5.74, 6) is 1.04. The normalized spacial score (nSPS) is 12.9. The number of nitrogens with one attached hydrogen (secondary N) is 1. The Hall–Kier alpha value is -3.94. The fourth-order valence-electron chi connectivity index (χ4n) is 3.49. The molecule has 0 fully saturated rings. The fourth-order valence-corrected chi connectivity index (χ4v) is 3.49. The molecule has 0 amide bonds. The van der Waals surface area contributed by atoms with Crippen molar-refractivity contribution in [2.45, 2.75) is 26.1 Å². The van der Waals surface area contributed by atoms with Crippen LogP contribution in [-0.2, 0) is 6.18 Å². The number of alkyl halides is 3. The van der Waals surface area contributed by atoms with Gasteiger partial charge in [0.25, 0.3) is 0 Å². The Balaban J connectivity index is 1.68. The van der Waals surface area contributed by atoms with Gasteiger partial charge < -0.3 is 11.1 Å². The summed E-state index contributed by atoms with van der Waals surface area (Å²) < 4.78 is 39.7. The zero-order valence-corrected chi connectivity index (χ0v) is 18.1. The van der Waals surface area contributed by atoms with Crippen molar-refractivity contribution < 1.29 is 13.2 Å². The van der Waals surface area contributed by atoms with Gasteiger partial charge in [0, 0.05) is 11.1 Å². The van der Waals surface area contributed by atoms with Crippen molar-refractivity contribution in [3.8, 4) is 0 Å². The molecule has 2 aromatic heterocycles. The molecule has 33 heavy (non-hydrogen) atoms. The highest BCUT2D eigenvalue weighted by Crippen LogP contribution is 2.34. The minimum Gasteiger partial charge on any atom is -0.399 e. The topological polar surface area (TPSA) is 76.7 Å². The second kappa shape index (κ2) is 8.90. The zero-order chi connectivity index (χ0) is 23.6. The average Bonchev–Trinajstić information content (AvgIpc) is 2.77. The van der Waals surface area contributed by atoms with E-state index < -0.39 is 17.8 Å². The SMILES string of the molecule is Cc1nc(N[C@H](C)c2cc(N)cc(C(F)(F)F)c2)c2cc(/C=C/c3ccccc3)ncc2n1. The minimum absolute atomic E-state index is 0.0507. The predicted molar refractivity (Wildman–Crippen MR) is 125 cm³/mol. The van der Waals surface area contributed by atoms with Gasteiger partial charge in [-0.2, -0.15) is 13.2 Å². The Labute approximate surface area is 189 Å². The number of hydrogen-bond donors (Lipinski definition) is 2. The highest BCUT2D eigenvalue weighted by atomic mass is 19.4. The van der Waals surface area contributed by atoms with Crippen LogP contribution in [0.15, 0.2) is 60.8 Å². The van der Waals surface area contributed by atoms with Crippen LogP contribution in [0.3, 0.4) is 0 Å². The van der Waals surface area contributed by atoms with Crippen LogP contribution in [0.2, 0.25) is 0 Å². The van der Waals surface area contributed by atoms with Gasteiger partial charge in [-0.1, -0.05) is 36.4 Å². The lowest BCUT2D eigenvalue weighted by atomic mass is 10.0. The van der Waals surface area contributed by atoms with Crippen molar-refractivity contribution in [3.63, 3.8) is 0 Å². The van der Waals surface area contributed by atoms with E-state index in [1.54, 1.807) is 20.0 Å². The third-order valence-corrected chi connectivity index (χ3v) is 5.12. The molecule has 0 aliphatic heterocycles. The standard InChI is InChI=1S/C25H22F3N5/c1-15(18-10-19(25(26,27)28)12-20(29)11-18)31-24-22-13-21(9-8-17-6-4-3-5-7-17)30-14-23(22)32-16(2)33-24/h3-15H,29H2,1-2H3,(H,31,32,33)/b9-8+/t15-/m1/s1. The van der Waals surface area contributed by atoms with E-state index >= 15 is 0 Å². The molecule has 0 radical (unpaired) electrons. The lowest BCUT2D eigenvalue weighted by molar-refractivity contribution is -0.137. The van der Waals surface area contributed by atoms with Gasteiger partial charge in [0.2, 0.25) is 0 Å². The van der Waals surface area contributed by atoms with E-state index in [-0.39, 0.29) is 5.69 Å². The number of pyridine rings is 1. The smallest absolute Gasteiger partial charge is 0.399 e. The van der Waals surface area contributed by atoms with E-state index in [2.05, 4.69) is 20.3 Å². The molecule has 0 aliphatic carbocycles. The second-order valence-corrected chi connectivity index (χ2v) is 7.74. The molecular formula is C25H22F3N5. The molecule has 4 rings (SSSR count). The zero-order valence-electron chi connectivity index (χ0n) is 18.1. The van der Waals surface area contributed by atoms with Gasteiger partial charge in [-0.05, 0) is 55.3 Å². The van der Waals surface area contributed by atoms with E-state index in [1.165, 1.54) is 6.07 Å². The summed E-state index contributed by atoms with van der Waals surface area (Å²) in [6, 6.07) is 14.7. The largest absolute Gasteiger partial charge is 0.416 e. The molecule has 1 atom stereocenters. The third-order valence-electron chi connectivity index (χ3n) is 5.12. The first-order chi connectivity index (χ1) is 15.7. The lowest BCUT2D eigenvalue weighted by Gasteiger charge is -2.19. The summed E-state index contributed by atoms with van der Waals surface area (Å²) in [7, 11) is 0. The Bertz CT molecular complexity index is 1320. The number of nitrogens with two attached hydrogens (primary N) is 1. The molecule has 5 nitrogen and oxygen atoms in total. The van der Waals surface area contributed by atoms with Crippen LogP contribution in [0.1, 0.15) is 41.2 Å². The van der Waals surface area contributed by atoms with Gasteiger partial charge in [0.15, 0.2) is 0 Å². The number of hydrogen-bond acceptors (Lipinski definition) is 5. The van der Waals surface area contributed by atoms with E-state index in [4.69, 9.17) is 5.73 Å². The first-order valence-electron chi connectivity index (χ1n) is 10.3. The third kappa shape index (κ3) is 5.28. The molecule has 0 unspecified atom stereocenters. The molecular weight excluding hydrogens is 427 g/mol. The van der Waals surface area contributed by atoms with Crippen LogP contribution in [0.4, 0.5) is 24.7 Å². The van der Waals surface area contributed by atoms with Crippen molar-refractivity contribution in [1.82, 2.24) is 15.0 Å². The van der Waals surface area contributed by atoms with E-state index in [9.17, 15) is 13.2 Å². The molecule has 0 bridgehead atoms. The molecule has 0 saturated heterocycles. The summed E-state index contributed by atoms with van der Waals surface area (Å²) in [5.41, 5.74) is 7.79. The number of nitrogens with zero attached hydrogens (tertiary/aromatic N) is 3. The van der Waals surface area contributed by atoms with Gasteiger partial charge in [0.05, 0.1) is 29.0 Å². The first-order valence-corrected chi connectivity index (χ1v) is 10.3. The number of rotatable bonds is 5. The number of fused-ring (bicyclic) bond motifs is 1. The molecule has 0 saturated carbocycles. The summed E-state index contributed by atoms with van der Waals surface area (Å²) in [6.07, 6.45) is 1.01. The van der Waals surface area contributed by atoms with Crippen LogP contribution in [0.5, 0.6) is 0 Å². The van der Waals surface area contributed by atoms with Gasteiger partial charge in [-0.25, -0.2) is 9.97 Å². The Kier molecular flexibility index (Phi) is 6.00. The van der Waals surface area contributed by atoms with Crippen molar-refractivity contribution >= 4 is 34.6 Å². The van der Waals surface area contributed by atoms with E-state index in [0.29, 0.717) is 28.4 Å². The number of anilines is 2. The molecule has 2 heterocycles. The fraction of sp³-hybridized carbons (Fsp3) is 0.160. The quantitative estimate of drug-likeness (QED) is 0.351. The first kappa shape index (κ1) is 22.3. The van der Waals surface area contributed by atoms with Crippen LogP contribution < -0.4 is 11.1 Å². The maximum atomic E-state index is 13.2. The van der Waals surface area contributed by atoms with Crippen LogP contribution >= 0.6 is 0 Å². The highest BCUT2D eigenvalue weighted by Gasteiger charge is 2.31. The minimum atomic E-state index is -4.48. The maximum absolute atomic E-state index is 13.2. The number of benzene rings is 2. The predicted octanol–water partition coefficient (Wildman–Crippen LogP) is 6.28. The monoisotopic (exact) mass is 449 g/mol. The lowest BCUT2D eigenvalue weighted by Crippen LogP contribution is -2.13. The van der Waals surface area contributed by atoms with Gasteiger partial charge in [0.1, 0.15) is 11.6 Å². The number of nitrogen functional groups attached to an aromatic ring is 1. The molecule has 4 aromatic rings. The Morgan fingerprint density at radius 1 is 1.00 bits per heavy atom. The van der Waals surface area contributed by atoms with Crippen molar-refractivity contribution in [2.24, 2.45) is 0 Å². The molecule has 2 aromatic carbocycles. The van der Waals surface area contributed by atoms with Crippen LogP contribution in [0, 0.1) is 6.92 Å². The molecule has 8 heteroatoms. The van der Waals surface area contributed by atoms with Crippen LogP contribution in [0.25, 0.3) is 23.1 Å². The van der Waals surface area contributed by atoms with Crippen molar-refractivity contribution in [3.05, 3.63) is 89.0 Å². The molecule has 3 N–H and O–H groups in total. The molecule has 0 spiro atoms. The average molecular weight is 449 g/mol. The number of halogens is 3. The van der Waals surface area contributed by atoms with E-state index in [0.717, 1.165) is 23.1 Å². The summed E-state index contributed by atoms with van der Waals surface area (Å²) >= 11 is 0. The van der Waals surface area contributed by atoms with Crippen molar-refractivity contribution in [2.75, 3.05) is 11.1 Å². The Morgan fingerprint density at radius 3 is 2.48 bits per heavy atom. The van der Waals surface area contributed by atoms with E-state index in [1.807, 2.05) is 48.6 Å². The van der Waals surface area contributed by atoms with Gasteiger partial charge in [-0.15, -0.1) is 0 Å². The van der Waals surface area contributed by atoms with Crippen molar-refractivity contribution in [1.29, 1.82) is 0 Å². The highest BCUT2D eigenvalue weighted by molar-refractivity contribution is 5.90. The summed E-state index contributed by atoms with van der Waals surface area (Å²) in [4.78, 5) is 13.4. The van der Waals surface area contributed by atoms with Gasteiger partial charge in [-0.3, -0.25) is 4.98 Å².